The van der Waals surface area contributed by atoms with Crippen molar-refractivity contribution in [2.24, 2.45) is 11.8 Å². The molecule has 1 aromatic rings. The van der Waals surface area contributed by atoms with Gasteiger partial charge in [-0.15, -0.1) is 0 Å². The lowest BCUT2D eigenvalue weighted by Gasteiger charge is -2.27. The summed E-state index contributed by atoms with van der Waals surface area (Å²) in [5.74, 6) is -0.796. The molecule has 3 unspecified atom stereocenters. The Bertz CT molecular complexity index is 576. The summed E-state index contributed by atoms with van der Waals surface area (Å²) in [7, 11) is 0. The summed E-state index contributed by atoms with van der Waals surface area (Å²) in [6.45, 7) is 6.09. The Labute approximate surface area is 123 Å². The van der Waals surface area contributed by atoms with Crippen LogP contribution in [0.25, 0.3) is 0 Å². The molecule has 0 aromatic heterocycles. The van der Waals surface area contributed by atoms with Crippen LogP contribution in [-0.4, -0.2) is 36.5 Å². The van der Waals surface area contributed by atoms with Gasteiger partial charge in [-0.05, 0) is 36.8 Å². The van der Waals surface area contributed by atoms with Gasteiger partial charge in [0.05, 0.1) is 5.56 Å². The summed E-state index contributed by atoms with van der Waals surface area (Å²) in [6.07, 6.45) is 0.858. The predicted octanol–water partition coefficient (Wildman–Crippen LogP) is 2.34. The molecule has 0 spiro atoms. The second-order valence-electron chi connectivity index (χ2n) is 6.10. The summed E-state index contributed by atoms with van der Waals surface area (Å²) in [5.41, 5.74) is 0.286. The van der Waals surface area contributed by atoms with Gasteiger partial charge >= 0.3 is 0 Å². The number of carbonyl (C=O) groups is 1. The monoisotopic (exact) mass is 294 g/mol. The van der Waals surface area contributed by atoms with E-state index in [2.05, 4.69) is 12.2 Å². The van der Waals surface area contributed by atoms with Crippen LogP contribution in [0.2, 0.25) is 0 Å². The van der Waals surface area contributed by atoms with Crippen molar-refractivity contribution in [3.63, 3.8) is 0 Å². The Kier molecular flexibility index (Phi) is 3.69. The number of hydrogen-bond donors (Lipinski definition) is 1. The smallest absolute Gasteiger partial charge is 0.257 e. The first kappa shape index (κ1) is 14.4. The molecular weight excluding hydrogens is 274 g/mol. The molecule has 0 saturated carbocycles. The standard InChI is InChI=1S/C16H20F2N2O/c1-3-15-12-7-19-6-10(12)8-20(15)16(21)11-4-9(2)13(17)5-14(11)18/h4-5,10,12,15,19H,3,6-8H2,1-2H3. The second kappa shape index (κ2) is 5.37. The number of halogens is 2. The number of benzene rings is 1. The number of hydrogen-bond acceptors (Lipinski definition) is 2. The van der Waals surface area contributed by atoms with Gasteiger partial charge in [-0.3, -0.25) is 4.79 Å². The molecule has 3 atom stereocenters. The molecule has 3 nitrogen and oxygen atoms in total. The lowest BCUT2D eigenvalue weighted by atomic mass is 9.93. The van der Waals surface area contributed by atoms with E-state index in [0.29, 0.717) is 23.9 Å². The van der Waals surface area contributed by atoms with Crippen molar-refractivity contribution in [1.29, 1.82) is 0 Å². The number of aryl methyl sites for hydroxylation is 1. The van der Waals surface area contributed by atoms with E-state index in [1.807, 2.05) is 0 Å². The third-order valence-electron chi connectivity index (χ3n) is 4.88. The number of amides is 1. The number of nitrogens with zero attached hydrogens (tertiary/aromatic N) is 1. The van der Waals surface area contributed by atoms with Crippen molar-refractivity contribution >= 4 is 5.91 Å². The molecule has 2 fully saturated rings. The van der Waals surface area contributed by atoms with Crippen LogP contribution in [0, 0.1) is 30.4 Å². The van der Waals surface area contributed by atoms with E-state index < -0.39 is 11.6 Å². The van der Waals surface area contributed by atoms with Crippen molar-refractivity contribution in [2.45, 2.75) is 26.3 Å². The van der Waals surface area contributed by atoms with Crippen molar-refractivity contribution in [3.8, 4) is 0 Å². The molecule has 5 heteroatoms. The second-order valence-corrected chi connectivity index (χ2v) is 6.10. The zero-order valence-electron chi connectivity index (χ0n) is 12.3. The van der Waals surface area contributed by atoms with E-state index in [9.17, 15) is 13.6 Å². The molecule has 1 aromatic carbocycles. The van der Waals surface area contributed by atoms with Crippen LogP contribution in [0.5, 0.6) is 0 Å². The largest absolute Gasteiger partial charge is 0.335 e. The Morgan fingerprint density at radius 3 is 2.81 bits per heavy atom. The molecule has 1 N–H and O–H groups in total. The molecule has 0 bridgehead atoms. The average Bonchev–Trinajstić information content (AvgIpc) is 3.02. The SMILES string of the molecule is CCC1C2CNCC2CN1C(=O)c1cc(C)c(F)cc1F. The highest BCUT2D eigenvalue weighted by Crippen LogP contribution is 2.35. The van der Waals surface area contributed by atoms with Gasteiger partial charge in [0.2, 0.25) is 0 Å². The highest BCUT2D eigenvalue weighted by atomic mass is 19.1. The number of fused-ring (bicyclic) bond motifs is 1. The maximum Gasteiger partial charge on any atom is 0.257 e. The van der Waals surface area contributed by atoms with Gasteiger partial charge in [0.1, 0.15) is 11.6 Å². The number of nitrogens with one attached hydrogen (secondary N) is 1. The van der Waals surface area contributed by atoms with Crippen LogP contribution in [0.4, 0.5) is 8.78 Å². The van der Waals surface area contributed by atoms with Crippen molar-refractivity contribution < 1.29 is 13.6 Å². The Hall–Kier alpha value is -1.49. The molecule has 21 heavy (non-hydrogen) atoms. The summed E-state index contributed by atoms with van der Waals surface area (Å²) in [5, 5.41) is 3.35. The van der Waals surface area contributed by atoms with Crippen LogP contribution in [0.3, 0.4) is 0 Å². The zero-order valence-corrected chi connectivity index (χ0v) is 12.3. The average molecular weight is 294 g/mol. The van der Waals surface area contributed by atoms with E-state index in [1.54, 1.807) is 11.8 Å². The van der Waals surface area contributed by atoms with Gasteiger partial charge in [-0.25, -0.2) is 8.78 Å². The molecule has 114 valence electrons. The highest BCUT2D eigenvalue weighted by Gasteiger charge is 2.45. The quantitative estimate of drug-likeness (QED) is 0.908. The van der Waals surface area contributed by atoms with E-state index in [-0.39, 0.29) is 17.5 Å². The normalized spacial score (nSPS) is 28.0. The van der Waals surface area contributed by atoms with Gasteiger partial charge in [0.25, 0.3) is 5.91 Å². The van der Waals surface area contributed by atoms with Crippen molar-refractivity contribution in [2.75, 3.05) is 19.6 Å². The van der Waals surface area contributed by atoms with Gasteiger partial charge in [0, 0.05) is 31.7 Å². The fraction of sp³-hybridized carbons (Fsp3) is 0.562. The molecule has 2 saturated heterocycles. The van der Waals surface area contributed by atoms with Crippen molar-refractivity contribution in [3.05, 3.63) is 34.9 Å². The first-order valence-electron chi connectivity index (χ1n) is 7.50. The predicted molar refractivity (Wildman–Crippen MR) is 76.1 cm³/mol. The molecule has 3 rings (SSSR count). The minimum atomic E-state index is -0.770. The van der Waals surface area contributed by atoms with Crippen LogP contribution in [0.15, 0.2) is 12.1 Å². The molecule has 2 heterocycles. The zero-order chi connectivity index (χ0) is 15.1. The minimum absolute atomic E-state index is 0.0136. The molecule has 0 aliphatic carbocycles. The van der Waals surface area contributed by atoms with Gasteiger partial charge in [-0.1, -0.05) is 6.92 Å². The fourth-order valence-electron chi connectivity index (χ4n) is 3.76. The van der Waals surface area contributed by atoms with Crippen LogP contribution in [0.1, 0.15) is 29.3 Å². The molecular formula is C16H20F2N2O. The maximum atomic E-state index is 14.0. The molecule has 0 radical (unpaired) electrons. The third-order valence-corrected chi connectivity index (χ3v) is 4.88. The van der Waals surface area contributed by atoms with Crippen LogP contribution in [-0.2, 0) is 0 Å². The lowest BCUT2D eigenvalue weighted by molar-refractivity contribution is 0.0706. The number of carbonyl (C=O) groups excluding carboxylic acids is 1. The Morgan fingerprint density at radius 1 is 1.33 bits per heavy atom. The fourth-order valence-corrected chi connectivity index (χ4v) is 3.76. The van der Waals surface area contributed by atoms with Crippen LogP contribution >= 0.6 is 0 Å². The maximum absolute atomic E-state index is 14.0. The van der Waals surface area contributed by atoms with Crippen LogP contribution < -0.4 is 5.32 Å². The first-order chi connectivity index (χ1) is 10.0. The van der Waals surface area contributed by atoms with Gasteiger partial charge in [-0.2, -0.15) is 0 Å². The summed E-state index contributed by atoms with van der Waals surface area (Å²) in [4.78, 5) is 14.5. The Morgan fingerprint density at radius 2 is 2.10 bits per heavy atom. The van der Waals surface area contributed by atoms with E-state index in [4.69, 9.17) is 0 Å². The number of likely N-dealkylation sites (tertiary alicyclic amines) is 1. The highest BCUT2D eigenvalue weighted by molar-refractivity contribution is 5.95. The lowest BCUT2D eigenvalue weighted by Crippen LogP contribution is -2.40. The molecule has 2 aliphatic rings. The molecule has 2 aliphatic heterocycles. The van der Waals surface area contributed by atoms with Crippen molar-refractivity contribution in [1.82, 2.24) is 10.2 Å². The minimum Gasteiger partial charge on any atom is -0.335 e. The number of rotatable bonds is 2. The molecule has 1 amide bonds. The topological polar surface area (TPSA) is 32.3 Å². The summed E-state index contributed by atoms with van der Waals surface area (Å²) >= 11 is 0. The van der Waals surface area contributed by atoms with Gasteiger partial charge in [0.15, 0.2) is 0 Å². The summed E-state index contributed by atoms with van der Waals surface area (Å²) in [6, 6.07) is 2.27. The Balaban J connectivity index is 1.90. The van der Waals surface area contributed by atoms with Gasteiger partial charge < -0.3 is 10.2 Å². The van der Waals surface area contributed by atoms with E-state index >= 15 is 0 Å². The first-order valence-corrected chi connectivity index (χ1v) is 7.50. The van der Waals surface area contributed by atoms with E-state index in [0.717, 1.165) is 25.6 Å². The summed E-state index contributed by atoms with van der Waals surface area (Å²) < 4.78 is 27.3. The van der Waals surface area contributed by atoms with E-state index in [1.165, 1.54) is 6.07 Å². The third kappa shape index (κ3) is 2.33.